The van der Waals surface area contributed by atoms with Crippen LogP contribution in [0.1, 0.15) is 42.1 Å². The van der Waals surface area contributed by atoms with Gasteiger partial charge in [0.25, 0.3) is 5.91 Å². The van der Waals surface area contributed by atoms with E-state index in [1.807, 2.05) is 11.9 Å². The first kappa shape index (κ1) is 20.0. The number of halogens is 1. The molecule has 2 aliphatic rings. The molecular weight excluding hydrogens is 378 g/mol. The number of allylic oxidation sites excluding steroid dienone is 4. The molecule has 29 heavy (non-hydrogen) atoms. The smallest absolute Gasteiger partial charge is 0.253 e. The van der Waals surface area contributed by atoms with E-state index in [1.54, 1.807) is 29.8 Å². The standard InChI is InChI=1S/C26H28ClNO/c1-18-16-22-17-21(19-6-4-3-5-7-19)10-13-25(22)24(18)14-15-28(2)26(29)20-8-11-23(27)12-9-20/h3-13,18,22,24H,14-17H2,1-2H3. The molecule has 150 valence electrons. The Bertz CT molecular complexity index is 929. The topological polar surface area (TPSA) is 20.3 Å². The Kier molecular flexibility index (Phi) is 5.91. The molecule has 4 rings (SSSR count). The molecule has 0 aliphatic heterocycles. The highest BCUT2D eigenvalue weighted by Crippen LogP contribution is 2.48. The molecule has 2 aromatic rings. The molecular formula is C26H28ClNO. The Labute approximate surface area is 178 Å². The summed E-state index contributed by atoms with van der Waals surface area (Å²) >= 11 is 5.94. The van der Waals surface area contributed by atoms with Gasteiger partial charge in [0, 0.05) is 24.2 Å². The van der Waals surface area contributed by atoms with E-state index in [9.17, 15) is 4.79 Å². The summed E-state index contributed by atoms with van der Waals surface area (Å²) in [5.41, 5.74) is 5.07. The number of fused-ring (bicyclic) bond motifs is 1. The van der Waals surface area contributed by atoms with Crippen molar-refractivity contribution < 1.29 is 4.79 Å². The van der Waals surface area contributed by atoms with Crippen molar-refractivity contribution in [2.75, 3.05) is 13.6 Å². The summed E-state index contributed by atoms with van der Waals surface area (Å²) in [5.74, 6) is 1.93. The van der Waals surface area contributed by atoms with Crippen molar-refractivity contribution in [3.63, 3.8) is 0 Å². The molecule has 1 fully saturated rings. The van der Waals surface area contributed by atoms with Gasteiger partial charge in [0.05, 0.1) is 0 Å². The number of nitrogens with zero attached hydrogens (tertiary/aromatic N) is 1. The first-order valence-electron chi connectivity index (χ1n) is 10.5. The molecule has 1 saturated carbocycles. The van der Waals surface area contributed by atoms with Crippen LogP contribution in [0.3, 0.4) is 0 Å². The third kappa shape index (κ3) is 4.33. The van der Waals surface area contributed by atoms with Crippen molar-refractivity contribution in [3.05, 3.63) is 88.5 Å². The highest BCUT2D eigenvalue weighted by Gasteiger charge is 2.37. The van der Waals surface area contributed by atoms with Crippen LogP contribution in [0.25, 0.3) is 5.57 Å². The second-order valence-corrected chi connectivity index (χ2v) is 8.90. The normalized spacial score (nSPS) is 23.2. The van der Waals surface area contributed by atoms with Gasteiger partial charge < -0.3 is 4.90 Å². The first-order valence-corrected chi connectivity index (χ1v) is 10.9. The SMILES string of the molecule is CC1CC2CC(c3ccccc3)=CC=C2C1CCN(C)C(=O)c1ccc(Cl)cc1. The minimum absolute atomic E-state index is 0.0627. The molecule has 3 atom stereocenters. The molecule has 0 heterocycles. The molecule has 0 aromatic heterocycles. The third-order valence-corrected chi connectivity index (χ3v) is 6.80. The van der Waals surface area contributed by atoms with Gasteiger partial charge in [-0.15, -0.1) is 0 Å². The zero-order valence-electron chi connectivity index (χ0n) is 17.1. The van der Waals surface area contributed by atoms with Crippen LogP contribution in [0.2, 0.25) is 5.02 Å². The van der Waals surface area contributed by atoms with Gasteiger partial charge in [-0.25, -0.2) is 0 Å². The van der Waals surface area contributed by atoms with Gasteiger partial charge in [-0.2, -0.15) is 0 Å². The molecule has 0 N–H and O–H groups in total. The molecule has 0 radical (unpaired) electrons. The van der Waals surface area contributed by atoms with Crippen LogP contribution in [0.15, 0.2) is 72.3 Å². The van der Waals surface area contributed by atoms with Crippen molar-refractivity contribution in [3.8, 4) is 0 Å². The van der Waals surface area contributed by atoms with E-state index in [1.165, 1.54) is 17.6 Å². The number of hydrogen-bond donors (Lipinski definition) is 0. The van der Waals surface area contributed by atoms with E-state index in [2.05, 4.69) is 49.4 Å². The lowest BCUT2D eigenvalue weighted by Gasteiger charge is -2.25. The summed E-state index contributed by atoms with van der Waals surface area (Å²) in [4.78, 5) is 14.5. The number of rotatable bonds is 5. The summed E-state index contributed by atoms with van der Waals surface area (Å²) < 4.78 is 0. The average molecular weight is 406 g/mol. The van der Waals surface area contributed by atoms with Gasteiger partial charge in [-0.3, -0.25) is 4.79 Å². The van der Waals surface area contributed by atoms with Crippen molar-refractivity contribution in [2.45, 2.75) is 26.2 Å². The fraction of sp³-hybridized carbons (Fsp3) is 0.346. The maximum absolute atomic E-state index is 12.7. The summed E-state index contributed by atoms with van der Waals surface area (Å²) in [5, 5.41) is 0.655. The fourth-order valence-electron chi connectivity index (χ4n) is 4.94. The highest BCUT2D eigenvalue weighted by molar-refractivity contribution is 6.30. The van der Waals surface area contributed by atoms with Crippen LogP contribution in [-0.2, 0) is 0 Å². The molecule has 1 amide bonds. The molecule has 0 saturated heterocycles. The highest BCUT2D eigenvalue weighted by atomic mass is 35.5. The lowest BCUT2D eigenvalue weighted by atomic mass is 9.83. The van der Waals surface area contributed by atoms with Crippen LogP contribution in [0.5, 0.6) is 0 Å². The van der Waals surface area contributed by atoms with Gasteiger partial charge in [0.15, 0.2) is 0 Å². The van der Waals surface area contributed by atoms with E-state index in [0.29, 0.717) is 28.3 Å². The van der Waals surface area contributed by atoms with Crippen LogP contribution >= 0.6 is 11.6 Å². The van der Waals surface area contributed by atoms with Crippen LogP contribution in [0, 0.1) is 17.8 Å². The summed E-state index contributed by atoms with van der Waals surface area (Å²) in [6, 6.07) is 17.9. The second-order valence-electron chi connectivity index (χ2n) is 8.47. The third-order valence-electron chi connectivity index (χ3n) is 6.54. The van der Waals surface area contributed by atoms with Crippen molar-refractivity contribution in [2.24, 2.45) is 17.8 Å². The maximum Gasteiger partial charge on any atom is 0.253 e. The van der Waals surface area contributed by atoms with Crippen molar-refractivity contribution in [1.82, 2.24) is 4.90 Å². The lowest BCUT2D eigenvalue weighted by Crippen LogP contribution is -2.29. The average Bonchev–Trinajstić information content (AvgIpc) is 3.06. The maximum atomic E-state index is 12.7. The van der Waals surface area contributed by atoms with E-state index in [-0.39, 0.29) is 5.91 Å². The van der Waals surface area contributed by atoms with Crippen molar-refractivity contribution >= 4 is 23.1 Å². The van der Waals surface area contributed by atoms with Gasteiger partial charge in [-0.1, -0.05) is 66.6 Å². The Balaban J connectivity index is 1.42. The van der Waals surface area contributed by atoms with Gasteiger partial charge in [0.2, 0.25) is 0 Å². The predicted octanol–water partition coefficient (Wildman–Crippen LogP) is 6.49. The fourth-order valence-corrected chi connectivity index (χ4v) is 5.06. The Morgan fingerprint density at radius 1 is 1.07 bits per heavy atom. The molecule has 2 aliphatic carbocycles. The van der Waals surface area contributed by atoms with Crippen LogP contribution < -0.4 is 0 Å². The number of carbonyl (C=O) groups is 1. The summed E-state index contributed by atoms with van der Waals surface area (Å²) in [6.45, 7) is 3.14. The molecule has 2 aromatic carbocycles. The minimum Gasteiger partial charge on any atom is -0.342 e. The van der Waals surface area contributed by atoms with Crippen molar-refractivity contribution in [1.29, 1.82) is 0 Å². The van der Waals surface area contributed by atoms with E-state index in [4.69, 9.17) is 11.6 Å². The summed E-state index contributed by atoms with van der Waals surface area (Å²) in [6.07, 6.45) is 8.08. The van der Waals surface area contributed by atoms with Gasteiger partial charge in [-0.05, 0) is 72.4 Å². The molecule has 0 bridgehead atoms. The van der Waals surface area contributed by atoms with E-state index < -0.39 is 0 Å². The largest absolute Gasteiger partial charge is 0.342 e. The minimum atomic E-state index is 0.0627. The Morgan fingerprint density at radius 3 is 2.52 bits per heavy atom. The van der Waals surface area contributed by atoms with Crippen LogP contribution in [0.4, 0.5) is 0 Å². The number of benzene rings is 2. The summed E-state index contributed by atoms with van der Waals surface area (Å²) in [7, 11) is 1.90. The monoisotopic (exact) mass is 405 g/mol. The molecule has 3 heteroatoms. The van der Waals surface area contributed by atoms with Gasteiger partial charge in [0.1, 0.15) is 0 Å². The van der Waals surface area contributed by atoms with Crippen LogP contribution in [-0.4, -0.2) is 24.4 Å². The van der Waals surface area contributed by atoms with E-state index >= 15 is 0 Å². The number of hydrogen-bond acceptors (Lipinski definition) is 1. The molecule has 2 nitrogen and oxygen atoms in total. The Hall–Kier alpha value is -2.32. The lowest BCUT2D eigenvalue weighted by molar-refractivity contribution is 0.0787. The quantitative estimate of drug-likeness (QED) is 0.556. The molecule has 3 unspecified atom stereocenters. The second kappa shape index (κ2) is 8.59. The predicted molar refractivity (Wildman–Crippen MR) is 121 cm³/mol. The number of amides is 1. The Morgan fingerprint density at radius 2 is 1.79 bits per heavy atom. The van der Waals surface area contributed by atoms with Gasteiger partial charge >= 0.3 is 0 Å². The first-order chi connectivity index (χ1) is 14.0. The zero-order valence-corrected chi connectivity index (χ0v) is 17.9. The molecule has 0 spiro atoms. The van der Waals surface area contributed by atoms with E-state index in [0.717, 1.165) is 19.4 Å². The number of carbonyl (C=O) groups excluding carboxylic acids is 1. The zero-order chi connectivity index (χ0) is 20.4.